The van der Waals surface area contributed by atoms with Crippen LogP contribution in [0.25, 0.3) is 11.1 Å². The van der Waals surface area contributed by atoms with Crippen LogP contribution in [0.3, 0.4) is 0 Å². The van der Waals surface area contributed by atoms with Crippen molar-refractivity contribution < 1.29 is 28.6 Å². The number of carbonyl (C=O) groups is 2. The van der Waals surface area contributed by atoms with E-state index in [4.69, 9.17) is 9.47 Å². The van der Waals surface area contributed by atoms with Gasteiger partial charge in [0.2, 0.25) is 5.88 Å². The summed E-state index contributed by atoms with van der Waals surface area (Å²) in [5, 5.41) is 9.52. The highest BCUT2D eigenvalue weighted by Gasteiger charge is 2.38. The summed E-state index contributed by atoms with van der Waals surface area (Å²) in [4.78, 5) is 28.3. The van der Waals surface area contributed by atoms with Gasteiger partial charge in [0.15, 0.2) is 0 Å². The Morgan fingerprint density at radius 1 is 1.15 bits per heavy atom. The fourth-order valence-electron chi connectivity index (χ4n) is 4.34. The van der Waals surface area contributed by atoms with E-state index in [-0.39, 0.29) is 5.92 Å². The average molecular weight is 464 g/mol. The van der Waals surface area contributed by atoms with Gasteiger partial charge >= 0.3 is 11.9 Å². The van der Waals surface area contributed by atoms with E-state index in [0.717, 1.165) is 24.6 Å². The number of ether oxygens (including phenoxy) is 2. The van der Waals surface area contributed by atoms with Gasteiger partial charge in [-0.25, -0.2) is 14.2 Å². The third-order valence-corrected chi connectivity index (χ3v) is 6.31. The van der Waals surface area contributed by atoms with E-state index in [1.54, 1.807) is 50.2 Å². The van der Waals surface area contributed by atoms with Gasteiger partial charge in [-0.3, -0.25) is 4.79 Å². The number of pyridine rings is 1. The number of nitrogens with zero attached hydrogens (tertiary/aromatic N) is 1. The first-order valence-corrected chi connectivity index (χ1v) is 11.1. The predicted molar refractivity (Wildman–Crippen MR) is 125 cm³/mol. The first-order valence-electron chi connectivity index (χ1n) is 11.1. The van der Waals surface area contributed by atoms with Crippen LogP contribution >= 0.6 is 0 Å². The highest BCUT2D eigenvalue weighted by molar-refractivity contribution is 5.93. The van der Waals surface area contributed by atoms with Crippen LogP contribution in [0.15, 0.2) is 54.7 Å². The van der Waals surface area contributed by atoms with Crippen molar-refractivity contribution in [2.24, 2.45) is 11.8 Å². The van der Waals surface area contributed by atoms with E-state index in [1.807, 2.05) is 6.07 Å². The molecule has 1 N–H and O–H groups in total. The molecule has 1 saturated carbocycles. The number of hydrogen-bond donors (Lipinski definition) is 1. The number of carboxylic acids is 1. The molecule has 6 nitrogen and oxygen atoms in total. The Morgan fingerprint density at radius 3 is 2.56 bits per heavy atom. The summed E-state index contributed by atoms with van der Waals surface area (Å²) >= 11 is 0. The molecule has 2 atom stereocenters. The molecule has 1 aliphatic rings. The second-order valence-corrected chi connectivity index (χ2v) is 8.69. The molecular formula is C27H26FNO5. The van der Waals surface area contributed by atoms with Crippen LogP contribution in [-0.2, 0) is 4.79 Å². The lowest BCUT2D eigenvalue weighted by Crippen LogP contribution is -2.20. The van der Waals surface area contributed by atoms with Crippen molar-refractivity contribution in [2.75, 3.05) is 7.11 Å². The molecule has 0 unspecified atom stereocenters. The summed E-state index contributed by atoms with van der Waals surface area (Å²) in [6, 6.07) is 13.6. The number of hydrogen-bond acceptors (Lipinski definition) is 5. The van der Waals surface area contributed by atoms with Gasteiger partial charge in [-0.1, -0.05) is 31.2 Å². The number of aliphatic carboxylic acids is 1. The monoisotopic (exact) mass is 463 g/mol. The fraction of sp³-hybridized carbons (Fsp3) is 0.296. The van der Waals surface area contributed by atoms with Crippen LogP contribution in [0.5, 0.6) is 11.6 Å². The van der Waals surface area contributed by atoms with Gasteiger partial charge in [0.1, 0.15) is 11.6 Å². The molecule has 176 valence electrons. The quantitative estimate of drug-likeness (QED) is 0.344. The predicted octanol–water partition coefficient (Wildman–Crippen LogP) is 5.64. The zero-order valence-corrected chi connectivity index (χ0v) is 19.2. The molecule has 1 heterocycles. The molecule has 0 spiro atoms. The molecule has 4 rings (SSSR count). The third kappa shape index (κ3) is 4.93. The number of benzene rings is 2. The largest absolute Gasteiger partial charge is 0.481 e. The topological polar surface area (TPSA) is 85.7 Å². The van der Waals surface area contributed by atoms with Gasteiger partial charge in [-0.05, 0) is 66.5 Å². The van der Waals surface area contributed by atoms with Crippen molar-refractivity contribution in [3.05, 3.63) is 77.2 Å². The molecule has 1 aliphatic carbocycles. The van der Waals surface area contributed by atoms with Crippen LogP contribution < -0.4 is 9.47 Å². The molecule has 1 aromatic heterocycles. The second kappa shape index (κ2) is 9.63. The molecule has 0 amide bonds. The molecule has 2 aromatic carbocycles. The fourth-order valence-corrected chi connectivity index (χ4v) is 4.34. The Balaban J connectivity index is 1.56. The lowest BCUT2D eigenvalue weighted by molar-refractivity contribution is -0.142. The SMILES string of the molecule is COc1cc(-c2ccc(C(=O)Oc3cccc([C@H](C4CC4)[C@H](C)C(=O)O)c3)c(C)c2)c(F)cn1. The molecule has 0 bridgehead atoms. The standard InChI is InChI=1S/C27H26FNO5/c1-15-11-18(22-13-24(33-3)29-14-23(22)28)9-10-21(15)27(32)34-20-6-4-5-19(12-20)25(17-7-8-17)16(2)26(30)31/h4-6,9-14,16-17,25H,7-8H2,1-3H3,(H,30,31)/t16-,25-/m0/s1. The second-order valence-electron chi connectivity index (χ2n) is 8.69. The van der Waals surface area contributed by atoms with Gasteiger partial charge in [0.05, 0.1) is 24.8 Å². The molecule has 7 heteroatoms. The third-order valence-electron chi connectivity index (χ3n) is 6.31. The van der Waals surface area contributed by atoms with Crippen LogP contribution in [0.1, 0.15) is 47.2 Å². The lowest BCUT2D eigenvalue weighted by atomic mass is 9.83. The Hall–Kier alpha value is -3.74. The van der Waals surface area contributed by atoms with Crippen LogP contribution in [0.2, 0.25) is 0 Å². The Labute approximate surface area is 197 Å². The first-order chi connectivity index (χ1) is 16.3. The van der Waals surface area contributed by atoms with Crippen LogP contribution in [0.4, 0.5) is 4.39 Å². The van der Waals surface area contributed by atoms with Gasteiger partial charge in [-0.15, -0.1) is 0 Å². The van der Waals surface area contributed by atoms with E-state index in [0.29, 0.717) is 39.8 Å². The van der Waals surface area contributed by atoms with Crippen molar-refractivity contribution in [1.29, 1.82) is 0 Å². The van der Waals surface area contributed by atoms with E-state index in [9.17, 15) is 19.1 Å². The van der Waals surface area contributed by atoms with Crippen molar-refractivity contribution in [3.63, 3.8) is 0 Å². The maximum absolute atomic E-state index is 14.3. The minimum Gasteiger partial charge on any atom is -0.481 e. The zero-order chi connectivity index (χ0) is 24.4. The van der Waals surface area contributed by atoms with Gasteiger partial charge in [0.25, 0.3) is 0 Å². The summed E-state index contributed by atoms with van der Waals surface area (Å²) < 4.78 is 25.0. The van der Waals surface area contributed by atoms with Crippen molar-refractivity contribution in [2.45, 2.75) is 32.6 Å². The maximum Gasteiger partial charge on any atom is 0.343 e. The molecule has 0 radical (unpaired) electrons. The van der Waals surface area contributed by atoms with E-state index in [1.165, 1.54) is 13.2 Å². The number of rotatable bonds is 8. The number of aryl methyl sites for hydroxylation is 1. The summed E-state index contributed by atoms with van der Waals surface area (Å²) in [7, 11) is 1.46. The summed E-state index contributed by atoms with van der Waals surface area (Å²) in [5.41, 5.74) is 2.75. The van der Waals surface area contributed by atoms with Crippen molar-refractivity contribution in [3.8, 4) is 22.8 Å². The maximum atomic E-state index is 14.3. The van der Waals surface area contributed by atoms with E-state index < -0.39 is 23.7 Å². The number of aromatic nitrogens is 1. The zero-order valence-electron chi connectivity index (χ0n) is 19.2. The number of carbonyl (C=O) groups excluding carboxylic acids is 1. The normalized spacial score (nSPS) is 14.8. The Bertz CT molecular complexity index is 1240. The molecule has 0 saturated heterocycles. The average Bonchev–Trinajstić information content (AvgIpc) is 3.64. The minimum absolute atomic E-state index is 0.121. The van der Waals surface area contributed by atoms with Crippen molar-refractivity contribution >= 4 is 11.9 Å². The summed E-state index contributed by atoms with van der Waals surface area (Å²) in [5.74, 6) is -1.53. The van der Waals surface area contributed by atoms with Crippen LogP contribution in [-0.4, -0.2) is 29.1 Å². The first kappa shape index (κ1) is 23.4. The van der Waals surface area contributed by atoms with Gasteiger partial charge < -0.3 is 14.6 Å². The van der Waals surface area contributed by atoms with E-state index >= 15 is 0 Å². The molecule has 3 aromatic rings. The highest BCUT2D eigenvalue weighted by atomic mass is 19.1. The van der Waals surface area contributed by atoms with Gasteiger partial charge in [-0.2, -0.15) is 0 Å². The number of esters is 1. The Morgan fingerprint density at radius 2 is 1.91 bits per heavy atom. The highest BCUT2D eigenvalue weighted by Crippen LogP contribution is 2.47. The molecular weight excluding hydrogens is 437 g/mol. The summed E-state index contributed by atoms with van der Waals surface area (Å²) in [6.45, 7) is 3.47. The number of carboxylic acid groups (broad SMARTS) is 1. The van der Waals surface area contributed by atoms with Crippen LogP contribution in [0, 0.1) is 24.6 Å². The molecule has 1 fully saturated rings. The van der Waals surface area contributed by atoms with Gasteiger partial charge in [0, 0.05) is 11.6 Å². The lowest BCUT2D eigenvalue weighted by Gasteiger charge is -2.21. The smallest absolute Gasteiger partial charge is 0.343 e. The summed E-state index contributed by atoms with van der Waals surface area (Å²) in [6.07, 6.45) is 3.10. The van der Waals surface area contributed by atoms with E-state index in [2.05, 4.69) is 4.98 Å². The number of halogens is 1. The molecule has 34 heavy (non-hydrogen) atoms. The van der Waals surface area contributed by atoms with Crippen molar-refractivity contribution in [1.82, 2.24) is 4.98 Å². The minimum atomic E-state index is -0.835. The molecule has 0 aliphatic heterocycles. The number of methoxy groups -OCH3 is 1. The Kier molecular flexibility index (Phi) is 6.63.